The van der Waals surface area contributed by atoms with Gasteiger partial charge in [0.05, 0.1) is 4.92 Å². The summed E-state index contributed by atoms with van der Waals surface area (Å²) in [6, 6.07) is 11.4. The van der Waals surface area contributed by atoms with E-state index in [-0.39, 0.29) is 22.1 Å². The van der Waals surface area contributed by atoms with Crippen molar-refractivity contribution in [3.8, 4) is 5.75 Å². The zero-order valence-electron chi connectivity index (χ0n) is 11.1. The van der Waals surface area contributed by atoms with Gasteiger partial charge >= 0.3 is 0 Å². The van der Waals surface area contributed by atoms with Gasteiger partial charge in [-0.25, -0.2) is 0 Å². The molecule has 0 unspecified atom stereocenters. The fourth-order valence-electron chi connectivity index (χ4n) is 1.66. The number of benzene rings is 2. The molecule has 0 aliphatic rings. The number of nitro benzene ring substituents is 1. The minimum Gasteiger partial charge on any atom is -0.508 e. The summed E-state index contributed by atoms with van der Waals surface area (Å²) in [5.41, 5.74) is 0.664. The normalized spacial score (nSPS) is 9.82. The largest absolute Gasteiger partial charge is 0.508 e. The molecule has 0 radical (unpaired) electrons. The van der Waals surface area contributed by atoms with Crippen LogP contribution in [-0.2, 0) is 0 Å². The Kier molecular flexibility index (Phi) is 4.64. The van der Waals surface area contributed by atoms with Crippen molar-refractivity contribution in [2.75, 3.05) is 5.32 Å². The fraction of sp³-hybridized carbons (Fsp3) is 0. The molecule has 0 spiro atoms. The van der Waals surface area contributed by atoms with Crippen LogP contribution in [0.2, 0.25) is 0 Å². The Bertz CT molecular complexity index is 731. The number of amides is 1. The van der Waals surface area contributed by atoms with E-state index in [0.717, 1.165) is 0 Å². The van der Waals surface area contributed by atoms with Crippen molar-refractivity contribution in [1.82, 2.24) is 5.32 Å². The number of anilines is 1. The molecule has 0 saturated heterocycles. The SMILES string of the molecule is O=C(NC(=S)Nc1cccc(O)c1)c1ccc([N+](=O)[O-])cc1. The highest BCUT2D eigenvalue weighted by Crippen LogP contribution is 2.15. The van der Waals surface area contributed by atoms with E-state index in [9.17, 15) is 20.0 Å². The molecule has 2 rings (SSSR count). The molecule has 0 aliphatic heterocycles. The van der Waals surface area contributed by atoms with E-state index < -0.39 is 10.8 Å². The summed E-state index contributed by atoms with van der Waals surface area (Å²) < 4.78 is 0. The maximum atomic E-state index is 11.9. The highest BCUT2D eigenvalue weighted by molar-refractivity contribution is 7.80. The van der Waals surface area contributed by atoms with Crippen molar-refractivity contribution in [1.29, 1.82) is 0 Å². The zero-order valence-corrected chi connectivity index (χ0v) is 12.0. The van der Waals surface area contributed by atoms with Crippen LogP contribution in [0.5, 0.6) is 5.75 Å². The Morgan fingerprint density at radius 3 is 2.45 bits per heavy atom. The Hall–Kier alpha value is -3.00. The van der Waals surface area contributed by atoms with Crippen molar-refractivity contribution in [3.05, 3.63) is 64.2 Å². The number of aromatic hydroxyl groups is 1. The van der Waals surface area contributed by atoms with E-state index in [0.29, 0.717) is 5.69 Å². The third kappa shape index (κ3) is 4.00. The number of nitrogens with one attached hydrogen (secondary N) is 2. The van der Waals surface area contributed by atoms with Crippen molar-refractivity contribution in [2.45, 2.75) is 0 Å². The second-order valence-corrected chi connectivity index (χ2v) is 4.67. The third-order valence-corrected chi connectivity index (χ3v) is 2.88. The number of phenolic OH excluding ortho intramolecular Hbond substituents is 1. The van der Waals surface area contributed by atoms with E-state index >= 15 is 0 Å². The summed E-state index contributed by atoms with van der Waals surface area (Å²) in [6.45, 7) is 0. The Morgan fingerprint density at radius 2 is 1.86 bits per heavy atom. The quantitative estimate of drug-likeness (QED) is 0.456. The van der Waals surface area contributed by atoms with Gasteiger partial charge in [-0.1, -0.05) is 6.07 Å². The first-order valence-corrected chi connectivity index (χ1v) is 6.52. The molecule has 0 heterocycles. The van der Waals surface area contributed by atoms with Gasteiger partial charge in [-0.2, -0.15) is 0 Å². The first-order valence-electron chi connectivity index (χ1n) is 6.11. The lowest BCUT2D eigenvalue weighted by Crippen LogP contribution is -2.34. The highest BCUT2D eigenvalue weighted by atomic mass is 32.1. The van der Waals surface area contributed by atoms with Crippen LogP contribution in [0.1, 0.15) is 10.4 Å². The van der Waals surface area contributed by atoms with Gasteiger partial charge in [-0.15, -0.1) is 0 Å². The molecular weight excluding hydrogens is 306 g/mol. The molecular formula is C14H11N3O4S. The van der Waals surface area contributed by atoms with Crippen LogP contribution in [0, 0.1) is 10.1 Å². The number of rotatable bonds is 3. The average molecular weight is 317 g/mol. The van der Waals surface area contributed by atoms with Gasteiger partial charge in [-0.05, 0) is 36.5 Å². The second kappa shape index (κ2) is 6.64. The molecule has 0 aromatic heterocycles. The van der Waals surface area contributed by atoms with Crippen molar-refractivity contribution in [3.63, 3.8) is 0 Å². The zero-order chi connectivity index (χ0) is 16.1. The van der Waals surface area contributed by atoms with E-state index in [1.165, 1.54) is 36.4 Å². The molecule has 3 N–H and O–H groups in total. The standard InChI is InChI=1S/C14H11N3O4S/c18-12-3-1-2-10(8-12)15-14(22)16-13(19)9-4-6-11(7-5-9)17(20)21/h1-8,18H,(H2,15,16,19,22). The molecule has 0 bridgehead atoms. The predicted octanol–water partition coefficient (Wildman–Crippen LogP) is 2.43. The van der Waals surface area contributed by atoms with Gasteiger partial charge < -0.3 is 10.4 Å². The first-order chi connectivity index (χ1) is 10.5. The molecule has 2 aromatic carbocycles. The lowest BCUT2D eigenvalue weighted by atomic mass is 10.2. The molecule has 2 aromatic rings. The van der Waals surface area contributed by atoms with Crippen LogP contribution >= 0.6 is 12.2 Å². The van der Waals surface area contributed by atoms with Gasteiger partial charge in [0, 0.05) is 29.4 Å². The number of thiocarbonyl (C=S) groups is 1. The van der Waals surface area contributed by atoms with E-state index in [1.807, 2.05) is 0 Å². The molecule has 22 heavy (non-hydrogen) atoms. The van der Waals surface area contributed by atoms with E-state index in [2.05, 4.69) is 10.6 Å². The summed E-state index contributed by atoms with van der Waals surface area (Å²) in [5, 5.41) is 25.1. The van der Waals surface area contributed by atoms with Gasteiger partial charge in [0.15, 0.2) is 5.11 Å². The van der Waals surface area contributed by atoms with Crippen LogP contribution in [0.25, 0.3) is 0 Å². The van der Waals surface area contributed by atoms with E-state index in [1.54, 1.807) is 12.1 Å². The summed E-state index contributed by atoms with van der Waals surface area (Å²) in [4.78, 5) is 21.9. The molecule has 7 nitrogen and oxygen atoms in total. The monoisotopic (exact) mass is 317 g/mol. The minimum atomic E-state index is -0.546. The van der Waals surface area contributed by atoms with Crippen molar-refractivity contribution >= 4 is 34.6 Å². The molecule has 0 saturated carbocycles. The third-order valence-electron chi connectivity index (χ3n) is 2.67. The maximum Gasteiger partial charge on any atom is 0.269 e. The van der Waals surface area contributed by atoms with E-state index in [4.69, 9.17) is 12.2 Å². The highest BCUT2D eigenvalue weighted by Gasteiger charge is 2.10. The number of hydrogen-bond donors (Lipinski definition) is 3. The Labute approximate surface area is 130 Å². The van der Waals surface area contributed by atoms with Crippen LogP contribution in [0.4, 0.5) is 11.4 Å². The smallest absolute Gasteiger partial charge is 0.269 e. The second-order valence-electron chi connectivity index (χ2n) is 4.26. The lowest BCUT2D eigenvalue weighted by molar-refractivity contribution is -0.384. The van der Waals surface area contributed by atoms with Crippen LogP contribution in [0.15, 0.2) is 48.5 Å². The predicted molar refractivity (Wildman–Crippen MR) is 84.9 cm³/mol. The first kappa shape index (κ1) is 15.4. The summed E-state index contributed by atoms with van der Waals surface area (Å²) in [7, 11) is 0. The number of nitrogens with zero attached hydrogens (tertiary/aromatic N) is 1. The van der Waals surface area contributed by atoms with Gasteiger partial charge in [0.2, 0.25) is 0 Å². The molecule has 0 aliphatic carbocycles. The number of phenols is 1. The number of non-ortho nitro benzene ring substituents is 1. The molecule has 0 atom stereocenters. The number of carbonyl (C=O) groups is 1. The summed E-state index contributed by atoms with van der Waals surface area (Å²) >= 11 is 4.99. The number of nitro groups is 1. The maximum absolute atomic E-state index is 11.9. The van der Waals surface area contributed by atoms with Crippen molar-refractivity contribution in [2.24, 2.45) is 0 Å². The Balaban J connectivity index is 1.99. The molecule has 1 amide bonds. The van der Waals surface area contributed by atoms with Crippen LogP contribution < -0.4 is 10.6 Å². The van der Waals surface area contributed by atoms with Gasteiger partial charge in [-0.3, -0.25) is 20.2 Å². The molecule has 8 heteroatoms. The van der Waals surface area contributed by atoms with Crippen molar-refractivity contribution < 1.29 is 14.8 Å². The molecule has 112 valence electrons. The Morgan fingerprint density at radius 1 is 1.18 bits per heavy atom. The van der Waals surface area contributed by atoms with Crippen LogP contribution in [-0.4, -0.2) is 21.0 Å². The summed E-state index contributed by atoms with van der Waals surface area (Å²) in [6.07, 6.45) is 0. The number of carbonyl (C=O) groups excluding carboxylic acids is 1. The fourth-order valence-corrected chi connectivity index (χ4v) is 1.87. The molecule has 0 fully saturated rings. The minimum absolute atomic E-state index is 0.0500. The van der Waals surface area contributed by atoms with Gasteiger partial charge in [0.1, 0.15) is 5.75 Å². The topological polar surface area (TPSA) is 104 Å². The summed E-state index contributed by atoms with van der Waals surface area (Å²) in [5.74, 6) is -0.429. The number of hydrogen-bond acceptors (Lipinski definition) is 5. The van der Waals surface area contributed by atoms with Crippen LogP contribution in [0.3, 0.4) is 0 Å². The average Bonchev–Trinajstić information content (AvgIpc) is 2.47. The lowest BCUT2D eigenvalue weighted by Gasteiger charge is -2.09. The van der Waals surface area contributed by atoms with Gasteiger partial charge in [0.25, 0.3) is 11.6 Å².